The molecule has 24 nitrogen and oxygen atoms in total. The van der Waals surface area contributed by atoms with Crippen molar-refractivity contribution in [1.82, 2.24) is 70.5 Å². The van der Waals surface area contributed by atoms with E-state index in [1.807, 2.05) is 66.4 Å². The van der Waals surface area contributed by atoms with Crippen LogP contribution in [0.25, 0.3) is 0 Å². The van der Waals surface area contributed by atoms with Gasteiger partial charge >= 0.3 is 5.97 Å². The number of nitrogens with zero attached hydrogens (tertiary/aromatic N) is 10. The molecule has 1 unspecified atom stereocenters. The number of halogens is 1. The number of aliphatic carboxylic acids is 1. The molecule has 4 heterocycles. The number of rotatable bonds is 33. The van der Waals surface area contributed by atoms with Gasteiger partial charge in [-0.3, -0.25) is 53.1 Å². The SMILES string of the molecule is CN(C)C1(Cc2cccc(Cl)c2)CCC(NC(=O)CCC(=O)N2CC=CCC2)CC1.Cc1ccc(CC2(N(C)C)CCC(NC(=O)CCC(=O)N(C)CCc3ccccn3)CC2)cc1.Cc1cccc(CC2(N(C)C)CCC(NC(=O)CCC(=O)NC(C)CCc3ccccc3)CC2)c1.Cc1cnc(C(=O)N2CCN(C(=O)CCCC(=O)O)CC2)cn1. The molecule has 4 fully saturated rings. The van der Waals surface area contributed by atoms with Gasteiger partial charge in [0.15, 0.2) is 0 Å². The van der Waals surface area contributed by atoms with Gasteiger partial charge in [-0.2, -0.15) is 0 Å². The van der Waals surface area contributed by atoms with Crippen LogP contribution < -0.4 is 21.3 Å². The zero-order chi connectivity index (χ0) is 88.2. The first-order valence-electron chi connectivity index (χ1n) is 44.1. The molecule has 5 aliphatic rings. The highest BCUT2D eigenvalue weighted by atomic mass is 35.5. The van der Waals surface area contributed by atoms with Crippen LogP contribution in [0.1, 0.15) is 210 Å². The maximum absolute atomic E-state index is 12.5. The highest BCUT2D eigenvalue weighted by Crippen LogP contribution is 2.39. The highest BCUT2D eigenvalue weighted by Gasteiger charge is 2.41. The smallest absolute Gasteiger partial charge is 0.303 e. The number of pyridine rings is 1. The molecule has 122 heavy (non-hydrogen) atoms. The van der Waals surface area contributed by atoms with Crippen molar-refractivity contribution in [2.75, 3.05) is 95.1 Å². The number of carbonyl (C=O) groups is 9. The summed E-state index contributed by atoms with van der Waals surface area (Å²) in [4.78, 5) is 136. The number of hydrogen-bond donors (Lipinski definition) is 5. The molecule has 25 heteroatoms. The Balaban J connectivity index is 0.000000204. The lowest BCUT2D eigenvalue weighted by Gasteiger charge is -2.45. The van der Waals surface area contributed by atoms with Crippen molar-refractivity contribution in [1.29, 1.82) is 0 Å². The van der Waals surface area contributed by atoms with Gasteiger partial charge in [-0.15, -0.1) is 0 Å². The van der Waals surface area contributed by atoms with Crippen LogP contribution in [0.5, 0.6) is 0 Å². The minimum Gasteiger partial charge on any atom is -0.481 e. The van der Waals surface area contributed by atoms with Gasteiger partial charge in [0.05, 0.1) is 11.9 Å². The average molecular weight is 1690 g/mol. The lowest BCUT2D eigenvalue weighted by Crippen LogP contribution is -2.52. The molecule has 0 spiro atoms. The number of nitrogens with one attached hydrogen (secondary N) is 4. The second-order valence-electron chi connectivity index (χ2n) is 35.0. The van der Waals surface area contributed by atoms with Crippen LogP contribution in [-0.2, 0) is 70.5 Å². The van der Waals surface area contributed by atoms with Crippen LogP contribution in [-0.4, -0.2) is 244 Å². The summed E-state index contributed by atoms with van der Waals surface area (Å²) < 4.78 is 0. The minimum absolute atomic E-state index is 0.000511. The summed E-state index contributed by atoms with van der Waals surface area (Å²) in [7, 11) is 14.8. The number of hydrogen-bond acceptors (Lipinski definition) is 15. The summed E-state index contributed by atoms with van der Waals surface area (Å²) in [5.74, 6) is -1.16. The van der Waals surface area contributed by atoms with Crippen molar-refractivity contribution < 1.29 is 48.3 Å². The van der Waals surface area contributed by atoms with E-state index in [-0.39, 0.29) is 133 Å². The van der Waals surface area contributed by atoms with E-state index in [0.717, 1.165) is 139 Å². The molecule has 3 aliphatic carbocycles. The van der Waals surface area contributed by atoms with Gasteiger partial charge in [-0.1, -0.05) is 132 Å². The van der Waals surface area contributed by atoms with Gasteiger partial charge in [0.2, 0.25) is 41.4 Å². The summed E-state index contributed by atoms with van der Waals surface area (Å²) >= 11 is 6.18. The van der Waals surface area contributed by atoms with Crippen molar-refractivity contribution >= 4 is 64.8 Å². The van der Waals surface area contributed by atoms with Crippen LogP contribution in [0.15, 0.2) is 152 Å². The van der Waals surface area contributed by atoms with Crippen LogP contribution in [0.3, 0.4) is 0 Å². The lowest BCUT2D eigenvalue weighted by atomic mass is 9.74. The zero-order valence-corrected chi connectivity index (χ0v) is 75.2. The first kappa shape index (κ1) is 97.7. The molecule has 2 aliphatic heterocycles. The molecule has 11 rings (SSSR count). The average Bonchev–Trinajstić information content (AvgIpc) is 0.810. The van der Waals surface area contributed by atoms with Crippen LogP contribution >= 0.6 is 11.6 Å². The molecule has 3 saturated carbocycles. The lowest BCUT2D eigenvalue weighted by molar-refractivity contribution is -0.138. The first-order valence-corrected chi connectivity index (χ1v) is 44.5. The zero-order valence-electron chi connectivity index (χ0n) is 74.5. The Labute approximate surface area is 730 Å². The molecule has 4 aromatic carbocycles. The molecule has 0 bridgehead atoms. The van der Waals surface area contributed by atoms with E-state index in [0.29, 0.717) is 64.2 Å². The summed E-state index contributed by atoms with van der Waals surface area (Å²) in [5.41, 5.74) is 10.2. The molecular formula is C97H137ClN14O10. The molecule has 1 saturated heterocycles. The number of carboxylic acids is 1. The second kappa shape index (κ2) is 49.5. The summed E-state index contributed by atoms with van der Waals surface area (Å²) in [6.07, 6.45) is 29.5. The highest BCUT2D eigenvalue weighted by molar-refractivity contribution is 6.30. The van der Waals surface area contributed by atoms with E-state index >= 15 is 0 Å². The molecule has 662 valence electrons. The number of piperazine rings is 1. The Morgan fingerprint density at radius 1 is 0.484 bits per heavy atom. The molecule has 6 aromatic rings. The van der Waals surface area contributed by atoms with Crippen molar-refractivity contribution in [3.8, 4) is 0 Å². The maximum Gasteiger partial charge on any atom is 0.303 e. The van der Waals surface area contributed by atoms with E-state index in [1.165, 1.54) is 39.6 Å². The first-order chi connectivity index (χ1) is 58.4. The third-order valence-electron chi connectivity index (χ3n) is 25.2. The molecule has 2 aromatic heterocycles. The second-order valence-corrected chi connectivity index (χ2v) is 35.4. The van der Waals surface area contributed by atoms with Crippen molar-refractivity contribution in [3.63, 3.8) is 0 Å². The van der Waals surface area contributed by atoms with Crippen molar-refractivity contribution in [2.24, 2.45) is 0 Å². The van der Waals surface area contributed by atoms with Gasteiger partial charge in [0.25, 0.3) is 5.91 Å². The van der Waals surface area contributed by atoms with Crippen LogP contribution in [0.2, 0.25) is 5.02 Å². The number of likely N-dealkylation sites (N-methyl/N-ethyl adjacent to an activating group) is 4. The predicted octanol–water partition coefficient (Wildman–Crippen LogP) is 12.7. The van der Waals surface area contributed by atoms with Gasteiger partial charge in [-0.25, -0.2) is 4.98 Å². The molecule has 5 N–H and O–H groups in total. The van der Waals surface area contributed by atoms with E-state index < -0.39 is 5.97 Å². The fourth-order valence-electron chi connectivity index (χ4n) is 17.1. The third-order valence-corrected chi connectivity index (χ3v) is 25.4. The van der Waals surface area contributed by atoms with Crippen LogP contribution in [0.4, 0.5) is 0 Å². The summed E-state index contributed by atoms with van der Waals surface area (Å²) in [6, 6.07) is 42.5. The van der Waals surface area contributed by atoms with Gasteiger partial charge in [0, 0.05) is 175 Å². The predicted molar refractivity (Wildman–Crippen MR) is 482 cm³/mol. The number of aromatic nitrogens is 3. The quantitative estimate of drug-likeness (QED) is 0.0239. The van der Waals surface area contributed by atoms with Crippen molar-refractivity contribution in [3.05, 3.63) is 208 Å². The van der Waals surface area contributed by atoms with Gasteiger partial charge in [0.1, 0.15) is 5.69 Å². The standard InChI is InChI=1S/C30H43N3O2.C28H40N4O2.C24H34ClN3O2.C15H20N4O4/c1-23-9-8-12-26(21-23)22-30(33(3)4)19-17-27(18-20-30)32-29(35)16-15-28(34)31-24(2)13-14-25-10-6-5-7-11-25;1-22-8-10-23(11-9-22)21-28(31(2)3)17-14-25(15-18-28)30-26(33)12-13-27(34)32(4)20-16-24-7-5-6-19-29-24;1-27(2)24(18-19-7-6-8-20(25)17-19)13-11-21(12-14-24)26-22(29)9-10-23(30)28-15-4-3-5-16-28;1-11-9-17-12(10-16-11)15(23)19-7-5-18(6-8-19)13(20)3-2-4-14(21)22/h5-12,21,24,27H,13-20,22H2,1-4H3,(H,31,34)(H,32,35);5-11,19,25H,12-18,20-21H2,1-4H3,(H,30,33);3-4,6-8,17,21H,5,9-16,18H2,1-2H3,(H,26,29);9-10H,2-8H2,1H3,(H,21,22). The fraction of sp³-hybridized carbons (Fsp3) is 0.546. The Hall–Kier alpha value is -9.75. The number of carbonyl (C=O) groups excluding carboxylic acids is 8. The minimum atomic E-state index is -0.896. The number of amides is 8. The molecular weight excluding hydrogens is 1560 g/mol. The number of benzene rings is 4. The monoisotopic (exact) mass is 1690 g/mol. The number of carboxylic acid groups (broad SMARTS) is 1. The largest absolute Gasteiger partial charge is 0.481 e. The van der Waals surface area contributed by atoms with Crippen LogP contribution in [0, 0.1) is 20.8 Å². The third kappa shape index (κ3) is 32.8. The summed E-state index contributed by atoms with van der Waals surface area (Å²) in [6.45, 7) is 11.9. The number of aryl methyl sites for hydroxylation is 4. The Morgan fingerprint density at radius 2 is 0.992 bits per heavy atom. The van der Waals surface area contributed by atoms with E-state index in [4.69, 9.17) is 16.7 Å². The molecule has 1 atom stereocenters. The van der Waals surface area contributed by atoms with E-state index in [2.05, 4.69) is 186 Å². The topological polar surface area (TPSA) is 283 Å². The van der Waals surface area contributed by atoms with Gasteiger partial charge in [-0.05, 0) is 238 Å². The maximum atomic E-state index is 12.5. The molecule has 8 amide bonds. The molecule has 0 radical (unpaired) electrons. The normalized spacial score (nSPS) is 20.3. The van der Waals surface area contributed by atoms with E-state index in [9.17, 15) is 43.2 Å². The fourth-order valence-corrected chi connectivity index (χ4v) is 17.3. The van der Waals surface area contributed by atoms with E-state index in [1.54, 1.807) is 41.1 Å². The Bertz CT molecular complexity index is 4310. The summed E-state index contributed by atoms with van der Waals surface area (Å²) in [5, 5.41) is 21.9. The van der Waals surface area contributed by atoms with Crippen molar-refractivity contribution in [2.45, 2.75) is 248 Å². The Morgan fingerprint density at radius 3 is 1.50 bits per heavy atom. The van der Waals surface area contributed by atoms with Gasteiger partial charge < -0.3 is 60.7 Å². The Kier molecular flexibility index (Phi) is 39.7.